The third-order valence-corrected chi connectivity index (χ3v) is 6.88. The highest BCUT2D eigenvalue weighted by Gasteiger charge is 2.23. The molecule has 0 aliphatic heterocycles. The van der Waals surface area contributed by atoms with Gasteiger partial charge in [-0.1, -0.05) is 35.3 Å². The van der Waals surface area contributed by atoms with Crippen molar-refractivity contribution in [3.05, 3.63) is 88.3 Å². The summed E-state index contributed by atoms with van der Waals surface area (Å²) in [5.74, 6) is 0.272. The van der Waals surface area contributed by atoms with E-state index < -0.39 is 12.1 Å². The van der Waals surface area contributed by atoms with E-state index in [2.05, 4.69) is 41.0 Å². The van der Waals surface area contributed by atoms with Crippen LogP contribution in [0.2, 0.25) is 10.2 Å². The normalized spacial score (nSPS) is 11.7. The van der Waals surface area contributed by atoms with Gasteiger partial charge in [-0.2, -0.15) is 5.10 Å². The van der Waals surface area contributed by atoms with Crippen LogP contribution in [0.1, 0.15) is 29.5 Å². The highest BCUT2D eigenvalue weighted by atomic mass is 35.5. The monoisotopic (exact) mass is 608 g/mol. The molecular formula is C27H26Cl2N10O3. The summed E-state index contributed by atoms with van der Waals surface area (Å²) in [4.78, 5) is 32.6. The van der Waals surface area contributed by atoms with Gasteiger partial charge in [0.05, 0.1) is 24.5 Å². The zero-order valence-electron chi connectivity index (χ0n) is 22.6. The summed E-state index contributed by atoms with van der Waals surface area (Å²) in [6.07, 6.45) is 3.69. The Bertz CT molecular complexity index is 1680. The molecule has 0 spiro atoms. The minimum atomic E-state index is -0.571. The fourth-order valence-corrected chi connectivity index (χ4v) is 4.81. The number of amides is 2. The molecule has 2 aromatic carbocycles. The molecule has 2 amide bonds. The molecule has 0 bridgehead atoms. The molecule has 42 heavy (non-hydrogen) atoms. The van der Waals surface area contributed by atoms with E-state index in [0.29, 0.717) is 40.2 Å². The lowest BCUT2D eigenvalue weighted by Crippen LogP contribution is -2.31. The minimum absolute atomic E-state index is 0.171. The van der Waals surface area contributed by atoms with Crippen molar-refractivity contribution in [2.24, 2.45) is 7.05 Å². The summed E-state index contributed by atoms with van der Waals surface area (Å²) in [5, 5.41) is 22.3. The highest BCUT2D eigenvalue weighted by Crippen LogP contribution is 2.29. The highest BCUT2D eigenvalue weighted by molar-refractivity contribution is 6.32. The van der Waals surface area contributed by atoms with E-state index in [4.69, 9.17) is 28.2 Å². The number of anilines is 1. The van der Waals surface area contributed by atoms with Gasteiger partial charge in [0.15, 0.2) is 0 Å². The summed E-state index contributed by atoms with van der Waals surface area (Å²) < 4.78 is 7.84. The third-order valence-electron chi connectivity index (χ3n) is 6.37. The Morgan fingerprint density at radius 3 is 2.62 bits per heavy atom. The summed E-state index contributed by atoms with van der Waals surface area (Å²) in [5.41, 5.74) is 4.10. The number of halogens is 2. The maximum atomic E-state index is 13.3. The average Bonchev–Trinajstić information content (AvgIpc) is 3.74. The van der Waals surface area contributed by atoms with E-state index >= 15 is 0 Å². The van der Waals surface area contributed by atoms with Crippen molar-refractivity contribution in [2.45, 2.75) is 25.3 Å². The van der Waals surface area contributed by atoms with Crippen molar-refractivity contribution in [1.82, 2.24) is 45.3 Å². The van der Waals surface area contributed by atoms with Gasteiger partial charge in [0.1, 0.15) is 23.0 Å². The van der Waals surface area contributed by atoms with Crippen molar-refractivity contribution in [3.8, 4) is 16.9 Å². The molecule has 3 aromatic heterocycles. The zero-order valence-corrected chi connectivity index (χ0v) is 24.1. The van der Waals surface area contributed by atoms with Crippen LogP contribution in [0.5, 0.6) is 0 Å². The Balaban J connectivity index is 1.34. The van der Waals surface area contributed by atoms with Gasteiger partial charge in [-0.25, -0.2) is 14.5 Å². The SMILES string of the molecule is COC(=O)Nc1ccc(-c2nc([C@H](Cc3ccn(C)n3)NC(=O)CCc3cc(Cl)ccc3-n3cnnn3)[nH]c2Cl)cc1. The molecule has 3 heterocycles. The van der Waals surface area contributed by atoms with Gasteiger partial charge in [0, 0.05) is 42.4 Å². The van der Waals surface area contributed by atoms with E-state index in [1.54, 1.807) is 47.1 Å². The topological polar surface area (TPSA) is 158 Å². The van der Waals surface area contributed by atoms with Crippen LogP contribution < -0.4 is 10.6 Å². The fraction of sp³-hybridized carbons (Fsp3) is 0.222. The van der Waals surface area contributed by atoms with Gasteiger partial charge < -0.3 is 15.0 Å². The second kappa shape index (κ2) is 12.8. The molecular weight excluding hydrogens is 583 g/mol. The lowest BCUT2D eigenvalue weighted by Gasteiger charge is -2.16. The van der Waals surface area contributed by atoms with Gasteiger partial charge in [-0.3, -0.25) is 14.8 Å². The molecule has 0 fully saturated rings. The number of nitrogens with zero attached hydrogens (tertiary/aromatic N) is 7. The number of aromatic amines is 1. The summed E-state index contributed by atoms with van der Waals surface area (Å²) in [6.45, 7) is 0. The molecule has 216 valence electrons. The predicted octanol–water partition coefficient (Wildman–Crippen LogP) is 4.30. The molecule has 0 aliphatic carbocycles. The van der Waals surface area contributed by atoms with Crippen LogP contribution in [0, 0.1) is 0 Å². The van der Waals surface area contributed by atoms with Crippen molar-refractivity contribution in [3.63, 3.8) is 0 Å². The van der Waals surface area contributed by atoms with E-state index in [-0.39, 0.29) is 12.3 Å². The molecule has 15 heteroatoms. The summed E-state index contributed by atoms with van der Waals surface area (Å²) >= 11 is 12.8. The standard InChI is InChI=1S/C27H26Cl2N10O3/c1-38-12-11-20(35-38)14-21(26-33-24(25(29)34-26)16-3-7-19(8-4-16)31-27(41)42-2)32-23(40)10-5-17-13-18(28)6-9-22(17)39-15-30-36-37-39/h3-4,6-9,11-13,15,21H,5,10,14H2,1-2H3,(H,31,41)(H,32,40)(H,33,34)/t21-/m0/s1. The Morgan fingerprint density at radius 2 is 1.93 bits per heavy atom. The number of nitrogens with one attached hydrogen (secondary N) is 3. The number of rotatable bonds is 10. The first-order valence-electron chi connectivity index (χ1n) is 12.8. The largest absolute Gasteiger partial charge is 0.453 e. The van der Waals surface area contributed by atoms with Crippen LogP contribution in [0.15, 0.2) is 61.1 Å². The maximum Gasteiger partial charge on any atom is 0.411 e. The number of carbonyl (C=O) groups excluding carboxylic acids is 2. The quantitative estimate of drug-likeness (QED) is 0.212. The molecule has 3 N–H and O–H groups in total. The fourth-order valence-electron chi connectivity index (χ4n) is 4.37. The predicted molar refractivity (Wildman–Crippen MR) is 155 cm³/mol. The number of H-pyrrole nitrogens is 1. The summed E-state index contributed by atoms with van der Waals surface area (Å²) in [6, 6.07) is 13.6. The third kappa shape index (κ3) is 6.93. The van der Waals surface area contributed by atoms with Crippen LogP contribution in [-0.4, -0.2) is 59.1 Å². The van der Waals surface area contributed by atoms with Crippen LogP contribution in [-0.2, 0) is 29.4 Å². The van der Waals surface area contributed by atoms with Crippen molar-refractivity contribution in [1.29, 1.82) is 0 Å². The lowest BCUT2D eigenvalue weighted by molar-refractivity contribution is -0.121. The van der Waals surface area contributed by atoms with Crippen molar-refractivity contribution in [2.75, 3.05) is 12.4 Å². The van der Waals surface area contributed by atoms with E-state index in [0.717, 1.165) is 22.5 Å². The van der Waals surface area contributed by atoms with Crippen LogP contribution in [0.25, 0.3) is 16.9 Å². The number of aryl methyl sites for hydroxylation is 2. The van der Waals surface area contributed by atoms with Gasteiger partial charge in [-0.15, -0.1) is 5.10 Å². The molecule has 1 atom stereocenters. The number of ether oxygens (including phenoxy) is 1. The van der Waals surface area contributed by atoms with E-state index in [1.165, 1.54) is 18.1 Å². The maximum absolute atomic E-state index is 13.3. The van der Waals surface area contributed by atoms with Crippen LogP contribution in [0.4, 0.5) is 10.5 Å². The smallest absolute Gasteiger partial charge is 0.411 e. The first-order valence-corrected chi connectivity index (χ1v) is 13.5. The van der Waals surface area contributed by atoms with Gasteiger partial charge in [0.2, 0.25) is 5.91 Å². The van der Waals surface area contributed by atoms with Crippen LogP contribution >= 0.6 is 23.2 Å². The van der Waals surface area contributed by atoms with Gasteiger partial charge in [0.25, 0.3) is 0 Å². The number of hydrogen-bond acceptors (Lipinski definition) is 8. The van der Waals surface area contributed by atoms with Crippen molar-refractivity contribution >= 4 is 40.9 Å². The number of tetrazole rings is 1. The Hall–Kier alpha value is -4.75. The number of carbonyl (C=O) groups is 2. The zero-order chi connectivity index (χ0) is 29.6. The van der Waals surface area contributed by atoms with Crippen LogP contribution in [0.3, 0.4) is 0 Å². The first-order chi connectivity index (χ1) is 20.3. The molecule has 0 radical (unpaired) electrons. The number of hydrogen-bond donors (Lipinski definition) is 3. The molecule has 0 saturated carbocycles. The molecule has 0 aliphatic rings. The van der Waals surface area contributed by atoms with E-state index in [1.807, 2.05) is 19.3 Å². The number of methoxy groups -OCH3 is 1. The van der Waals surface area contributed by atoms with E-state index in [9.17, 15) is 9.59 Å². The molecule has 5 aromatic rings. The molecule has 0 unspecified atom stereocenters. The van der Waals surface area contributed by atoms with Crippen molar-refractivity contribution < 1.29 is 14.3 Å². The Labute approximate surface area is 250 Å². The lowest BCUT2D eigenvalue weighted by atomic mass is 10.1. The average molecular weight is 609 g/mol. The van der Waals surface area contributed by atoms with Gasteiger partial charge >= 0.3 is 6.09 Å². The molecule has 13 nitrogen and oxygen atoms in total. The first kappa shape index (κ1) is 28.8. The molecule has 0 saturated heterocycles. The number of aromatic nitrogens is 8. The second-order valence-corrected chi connectivity index (χ2v) is 10.1. The number of imidazole rings is 1. The second-order valence-electron chi connectivity index (χ2n) is 9.31. The number of benzene rings is 2. The summed E-state index contributed by atoms with van der Waals surface area (Å²) in [7, 11) is 3.12. The Morgan fingerprint density at radius 1 is 1.12 bits per heavy atom. The molecule has 5 rings (SSSR count). The minimum Gasteiger partial charge on any atom is -0.453 e. The Kier molecular flexibility index (Phi) is 8.79. The van der Waals surface area contributed by atoms with Gasteiger partial charge in [-0.05, 0) is 58.8 Å².